The third-order valence-electron chi connectivity index (χ3n) is 9.98. The molecule has 1 N–H and O–H groups in total. The van der Waals surface area contributed by atoms with E-state index in [1.807, 2.05) is 0 Å². The molecule has 6 fully saturated rings. The van der Waals surface area contributed by atoms with E-state index >= 15 is 0 Å². The van der Waals surface area contributed by atoms with Gasteiger partial charge in [-0.15, -0.1) is 0 Å². The molecule has 6 atom stereocenters. The Morgan fingerprint density at radius 1 is 0.897 bits per heavy atom. The van der Waals surface area contributed by atoms with Crippen molar-refractivity contribution < 1.29 is 28.8 Å². The zero-order valence-corrected chi connectivity index (χ0v) is 17.5. The standard InChI is InChI=1S/C23H34O6/c1-20-6-2-3-7-22(20,25)18(24)14-15-16(20)4-8-21-17(15)5-9-23(21)28-12-10-26-19(21)27-11-13-29-23/h15-17,19,25H,2-14H2,1H3/t15-,16+,17+,19?,20-,21+,22+,23?/m1/s1. The predicted octanol–water partition coefficient (Wildman–Crippen LogP) is 2.81. The number of hydrogen-bond donors (Lipinski definition) is 1. The maximum Gasteiger partial charge on any atom is 0.179 e. The summed E-state index contributed by atoms with van der Waals surface area (Å²) in [5, 5.41) is 11.5. The lowest BCUT2D eigenvalue weighted by Gasteiger charge is -2.63. The number of rotatable bonds is 0. The van der Waals surface area contributed by atoms with E-state index in [9.17, 15) is 9.90 Å². The van der Waals surface area contributed by atoms with Crippen molar-refractivity contribution in [2.75, 3.05) is 26.4 Å². The van der Waals surface area contributed by atoms with Crippen LogP contribution in [0.25, 0.3) is 0 Å². The second-order valence-electron chi connectivity index (χ2n) is 10.6. The van der Waals surface area contributed by atoms with Crippen molar-refractivity contribution >= 4 is 5.78 Å². The minimum atomic E-state index is -1.14. The number of hydrogen-bond acceptors (Lipinski definition) is 6. The van der Waals surface area contributed by atoms with Crippen LogP contribution in [0.2, 0.25) is 0 Å². The fraction of sp³-hybridized carbons (Fsp3) is 0.957. The van der Waals surface area contributed by atoms with Crippen LogP contribution in [0.5, 0.6) is 0 Å². The highest BCUT2D eigenvalue weighted by Crippen LogP contribution is 2.71. The van der Waals surface area contributed by atoms with Crippen LogP contribution in [-0.2, 0) is 23.7 Å². The smallest absolute Gasteiger partial charge is 0.179 e. The fourth-order valence-electron chi connectivity index (χ4n) is 8.75. The van der Waals surface area contributed by atoms with Crippen molar-refractivity contribution in [3.8, 4) is 0 Å². The highest BCUT2D eigenvalue weighted by Gasteiger charge is 2.75. The van der Waals surface area contributed by atoms with E-state index in [0.29, 0.717) is 45.2 Å². The van der Waals surface area contributed by atoms with Gasteiger partial charge in [-0.2, -0.15) is 0 Å². The molecule has 4 saturated carbocycles. The Balaban J connectivity index is 1.44. The van der Waals surface area contributed by atoms with Gasteiger partial charge in [-0.05, 0) is 49.9 Å². The van der Waals surface area contributed by atoms with Gasteiger partial charge < -0.3 is 24.1 Å². The first-order valence-electron chi connectivity index (χ1n) is 11.7. The van der Waals surface area contributed by atoms with Crippen molar-refractivity contribution in [2.45, 2.75) is 82.4 Å². The molecule has 2 saturated heterocycles. The molecule has 6 heteroatoms. The molecule has 6 aliphatic rings. The Bertz CT molecular complexity index is 697. The van der Waals surface area contributed by atoms with E-state index in [0.717, 1.165) is 44.9 Å². The van der Waals surface area contributed by atoms with Gasteiger partial charge >= 0.3 is 0 Å². The summed E-state index contributed by atoms with van der Waals surface area (Å²) >= 11 is 0. The van der Waals surface area contributed by atoms with Crippen LogP contribution in [0.1, 0.15) is 64.7 Å². The average molecular weight is 407 g/mol. The highest BCUT2D eigenvalue weighted by molar-refractivity contribution is 5.89. The Labute approximate surface area is 172 Å². The third kappa shape index (κ3) is 2.18. The van der Waals surface area contributed by atoms with Crippen LogP contribution in [0.3, 0.4) is 0 Å². The van der Waals surface area contributed by atoms with Crippen molar-refractivity contribution in [1.82, 2.24) is 0 Å². The molecule has 162 valence electrons. The van der Waals surface area contributed by atoms with Crippen LogP contribution in [0.15, 0.2) is 0 Å². The lowest BCUT2D eigenvalue weighted by molar-refractivity contribution is -0.320. The Morgan fingerprint density at radius 3 is 2.34 bits per heavy atom. The molecule has 0 aromatic heterocycles. The Morgan fingerprint density at radius 2 is 1.59 bits per heavy atom. The zero-order chi connectivity index (χ0) is 19.9. The summed E-state index contributed by atoms with van der Waals surface area (Å²) in [6.07, 6.45) is 7.52. The van der Waals surface area contributed by atoms with Crippen molar-refractivity contribution in [2.24, 2.45) is 28.6 Å². The van der Waals surface area contributed by atoms with Gasteiger partial charge in [0.25, 0.3) is 0 Å². The molecule has 6 rings (SSSR count). The van der Waals surface area contributed by atoms with E-state index in [-0.39, 0.29) is 34.7 Å². The number of ether oxygens (including phenoxy) is 4. The molecule has 0 unspecified atom stereocenters. The molecule has 2 heterocycles. The molecule has 6 nitrogen and oxygen atoms in total. The largest absolute Gasteiger partial charge is 0.381 e. The van der Waals surface area contributed by atoms with Gasteiger partial charge in [0.05, 0.1) is 31.8 Å². The van der Waals surface area contributed by atoms with Gasteiger partial charge in [0.1, 0.15) is 5.60 Å². The summed E-state index contributed by atoms with van der Waals surface area (Å²) in [5.41, 5.74) is -1.80. The minimum Gasteiger partial charge on any atom is -0.381 e. The van der Waals surface area contributed by atoms with Crippen LogP contribution >= 0.6 is 0 Å². The van der Waals surface area contributed by atoms with Gasteiger partial charge in [0.2, 0.25) is 0 Å². The molecule has 2 aliphatic heterocycles. The number of aliphatic hydroxyl groups is 1. The van der Waals surface area contributed by atoms with E-state index in [1.54, 1.807) is 0 Å². The number of ketones is 1. The lowest BCUT2D eigenvalue weighted by atomic mass is 9.43. The SMILES string of the molecule is C[C@]12CCCC[C@]1(O)C(=O)C[C@H]1[C@@H]3CCC45OCCOC(OCCO4)[C@]35CC[C@@H]12. The van der Waals surface area contributed by atoms with Crippen molar-refractivity contribution in [3.63, 3.8) is 0 Å². The molecule has 0 amide bonds. The van der Waals surface area contributed by atoms with Crippen LogP contribution < -0.4 is 0 Å². The summed E-state index contributed by atoms with van der Waals surface area (Å²) in [5.74, 6) is 0.306. The summed E-state index contributed by atoms with van der Waals surface area (Å²) in [6, 6.07) is 0. The molecule has 29 heavy (non-hydrogen) atoms. The van der Waals surface area contributed by atoms with Crippen molar-refractivity contribution in [1.29, 1.82) is 0 Å². The normalized spacial score (nSPS) is 57.0. The summed E-state index contributed by atoms with van der Waals surface area (Å²) < 4.78 is 25.3. The molecule has 2 bridgehead atoms. The third-order valence-corrected chi connectivity index (χ3v) is 9.98. The number of carbonyl (C=O) groups excluding carboxylic acids is 1. The molecular formula is C23H34O6. The first-order chi connectivity index (χ1) is 14.0. The monoisotopic (exact) mass is 406 g/mol. The summed E-state index contributed by atoms with van der Waals surface area (Å²) in [6.45, 7) is 4.30. The number of fused-ring (bicyclic) bond motifs is 4. The number of carbonyl (C=O) groups is 1. The second-order valence-corrected chi connectivity index (χ2v) is 10.6. The number of Topliss-reactive ketones (excluding diaryl/α,β-unsaturated/α-hetero) is 1. The molecule has 0 radical (unpaired) electrons. The van der Waals surface area contributed by atoms with Crippen molar-refractivity contribution in [3.05, 3.63) is 0 Å². The van der Waals surface area contributed by atoms with Gasteiger partial charge in [-0.1, -0.05) is 19.8 Å². The van der Waals surface area contributed by atoms with Gasteiger partial charge in [-0.25, -0.2) is 0 Å². The first kappa shape index (κ1) is 19.2. The molecule has 0 aromatic rings. The maximum absolute atomic E-state index is 13.4. The Kier molecular flexibility index (Phi) is 4.14. The minimum absolute atomic E-state index is 0.0687. The molecule has 0 aromatic carbocycles. The van der Waals surface area contributed by atoms with E-state index in [4.69, 9.17) is 18.9 Å². The van der Waals surface area contributed by atoms with E-state index < -0.39 is 11.4 Å². The van der Waals surface area contributed by atoms with Crippen LogP contribution in [0.4, 0.5) is 0 Å². The zero-order valence-electron chi connectivity index (χ0n) is 17.5. The molecule has 4 aliphatic carbocycles. The predicted molar refractivity (Wildman–Crippen MR) is 103 cm³/mol. The highest BCUT2D eigenvalue weighted by atomic mass is 16.8. The lowest BCUT2D eigenvalue weighted by Crippen LogP contribution is -2.68. The summed E-state index contributed by atoms with van der Waals surface area (Å²) in [7, 11) is 0. The van der Waals surface area contributed by atoms with E-state index in [2.05, 4.69) is 6.92 Å². The fourth-order valence-corrected chi connectivity index (χ4v) is 8.75. The second kappa shape index (κ2) is 6.26. The summed E-state index contributed by atoms with van der Waals surface area (Å²) in [4.78, 5) is 13.4. The average Bonchev–Trinajstić information content (AvgIpc) is 2.88. The van der Waals surface area contributed by atoms with Gasteiger partial charge in [-0.3, -0.25) is 4.79 Å². The maximum atomic E-state index is 13.4. The van der Waals surface area contributed by atoms with E-state index in [1.165, 1.54) is 0 Å². The van der Waals surface area contributed by atoms with Crippen LogP contribution in [-0.4, -0.2) is 55.0 Å². The Hall–Kier alpha value is -0.530. The van der Waals surface area contributed by atoms with Crippen LogP contribution in [0, 0.1) is 28.6 Å². The molecule has 1 spiro atoms. The molecular weight excluding hydrogens is 372 g/mol. The van der Waals surface area contributed by atoms with Gasteiger partial charge in [0.15, 0.2) is 17.9 Å². The quantitative estimate of drug-likeness (QED) is 0.667. The topological polar surface area (TPSA) is 74.2 Å². The first-order valence-corrected chi connectivity index (χ1v) is 11.7. The van der Waals surface area contributed by atoms with Gasteiger partial charge in [0, 0.05) is 18.3 Å².